The number of pyridine rings is 1. The SMILES string of the molecule is CC(C)n1cc(Cc2nc(C(N)=O)c(N)nc2-c2ccc(F)cc2)ccc1=O. The number of benzene rings is 1. The van der Waals surface area contributed by atoms with Crippen molar-refractivity contribution in [2.75, 3.05) is 5.73 Å². The molecule has 0 aliphatic carbocycles. The van der Waals surface area contributed by atoms with Crippen LogP contribution in [0.5, 0.6) is 0 Å². The lowest BCUT2D eigenvalue weighted by molar-refractivity contribution is 0.0996. The van der Waals surface area contributed by atoms with E-state index in [4.69, 9.17) is 11.5 Å². The van der Waals surface area contributed by atoms with Crippen molar-refractivity contribution in [1.82, 2.24) is 14.5 Å². The highest BCUT2D eigenvalue weighted by Crippen LogP contribution is 2.25. The number of rotatable bonds is 5. The van der Waals surface area contributed by atoms with Gasteiger partial charge in [0.15, 0.2) is 11.5 Å². The van der Waals surface area contributed by atoms with Crippen molar-refractivity contribution in [1.29, 1.82) is 0 Å². The second-order valence-electron chi connectivity index (χ2n) is 6.68. The fourth-order valence-electron chi connectivity index (χ4n) is 2.88. The molecule has 3 aromatic rings. The molecule has 1 aromatic carbocycles. The van der Waals surface area contributed by atoms with Gasteiger partial charge in [0.05, 0.1) is 11.4 Å². The Morgan fingerprint density at radius 3 is 2.43 bits per heavy atom. The van der Waals surface area contributed by atoms with Crippen LogP contribution in [0.1, 0.15) is 41.6 Å². The summed E-state index contributed by atoms with van der Waals surface area (Å²) in [5.41, 5.74) is 13.2. The number of nitrogen functional groups attached to an aromatic ring is 1. The monoisotopic (exact) mass is 381 g/mol. The van der Waals surface area contributed by atoms with Crippen LogP contribution < -0.4 is 17.0 Å². The number of hydrogen-bond donors (Lipinski definition) is 2. The van der Waals surface area contributed by atoms with Gasteiger partial charge in [-0.25, -0.2) is 14.4 Å². The van der Waals surface area contributed by atoms with Gasteiger partial charge in [-0.05, 0) is 43.7 Å². The molecule has 0 saturated heterocycles. The number of amides is 1. The van der Waals surface area contributed by atoms with E-state index in [0.717, 1.165) is 5.56 Å². The number of aromatic nitrogens is 3. The number of carbonyl (C=O) groups is 1. The highest BCUT2D eigenvalue weighted by molar-refractivity contribution is 5.95. The van der Waals surface area contributed by atoms with Crippen molar-refractivity contribution >= 4 is 11.7 Å². The van der Waals surface area contributed by atoms with Gasteiger partial charge in [0, 0.05) is 30.3 Å². The third-order valence-corrected chi connectivity index (χ3v) is 4.27. The first kappa shape index (κ1) is 19.2. The molecule has 1 amide bonds. The normalized spacial score (nSPS) is 11.0. The van der Waals surface area contributed by atoms with Crippen molar-refractivity contribution in [2.45, 2.75) is 26.3 Å². The standard InChI is InChI=1S/C20H20FN5O2/c1-11(2)26-10-12(3-8-16(26)27)9-15-17(13-4-6-14(21)7-5-13)25-19(22)18(24-15)20(23)28/h3-8,10-11H,9H2,1-2H3,(H2,22,25)(H2,23,28). The van der Waals surface area contributed by atoms with E-state index in [2.05, 4.69) is 9.97 Å². The van der Waals surface area contributed by atoms with Crippen LogP contribution in [0.2, 0.25) is 0 Å². The van der Waals surface area contributed by atoms with E-state index in [1.165, 1.54) is 18.2 Å². The predicted molar refractivity (Wildman–Crippen MR) is 104 cm³/mol. The summed E-state index contributed by atoms with van der Waals surface area (Å²) in [6, 6.07) is 8.88. The van der Waals surface area contributed by atoms with Gasteiger partial charge in [-0.15, -0.1) is 0 Å². The molecule has 0 radical (unpaired) electrons. The zero-order valence-electron chi connectivity index (χ0n) is 15.5. The molecule has 8 heteroatoms. The zero-order valence-corrected chi connectivity index (χ0v) is 15.5. The maximum absolute atomic E-state index is 13.3. The first-order valence-corrected chi connectivity index (χ1v) is 8.69. The Morgan fingerprint density at radius 1 is 1.14 bits per heavy atom. The van der Waals surface area contributed by atoms with Crippen LogP contribution in [0.15, 0.2) is 47.4 Å². The number of primary amides is 1. The fourth-order valence-corrected chi connectivity index (χ4v) is 2.88. The molecular formula is C20H20FN5O2. The molecule has 0 aliphatic rings. The van der Waals surface area contributed by atoms with Crippen LogP contribution in [0.3, 0.4) is 0 Å². The van der Waals surface area contributed by atoms with Crippen molar-refractivity contribution in [3.8, 4) is 11.3 Å². The summed E-state index contributed by atoms with van der Waals surface area (Å²) in [6.07, 6.45) is 2.02. The molecule has 0 atom stereocenters. The summed E-state index contributed by atoms with van der Waals surface area (Å²) in [6.45, 7) is 3.81. The maximum Gasteiger partial charge on any atom is 0.271 e. The van der Waals surface area contributed by atoms with Crippen LogP contribution in [-0.4, -0.2) is 20.4 Å². The molecule has 144 valence electrons. The summed E-state index contributed by atoms with van der Waals surface area (Å²) in [5, 5.41) is 0. The lowest BCUT2D eigenvalue weighted by Crippen LogP contribution is -2.21. The van der Waals surface area contributed by atoms with Gasteiger partial charge in [0.25, 0.3) is 11.5 Å². The molecule has 2 heterocycles. The van der Waals surface area contributed by atoms with E-state index >= 15 is 0 Å². The Labute approximate surface area is 160 Å². The first-order valence-electron chi connectivity index (χ1n) is 8.69. The van der Waals surface area contributed by atoms with Gasteiger partial charge in [-0.2, -0.15) is 0 Å². The molecule has 0 bridgehead atoms. The van der Waals surface area contributed by atoms with E-state index in [0.29, 0.717) is 17.0 Å². The number of halogens is 1. The van der Waals surface area contributed by atoms with E-state index in [9.17, 15) is 14.0 Å². The lowest BCUT2D eigenvalue weighted by Gasteiger charge is -2.14. The van der Waals surface area contributed by atoms with Crippen LogP contribution in [0, 0.1) is 5.82 Å². The molecule has 0 fully saturated rings. The predicted octanol–water partition coefficient (Wildman–Crippen LogP) is 2.30. The fraction of sp³-hybridized carbons (Fsp3) is 0.200. The maximum atomic E-state index is 13.3. The summed E-state index contributed by atoms with van der Waals surface area (Å²) in [4.78, 5) is 32.3. The molecule has 0 aliphatic heterocycles. The molecule has 0 unspecified atom stereocenters. The largest absolute Gasteiger partial charge is 0.382 e. The molecule has 28 heavy (non-hydrogen) atoms. The Balaban J connectivity index is 2.14. The van der Waals surface area contributed by atoms with Crippen molar-refractivity contribution < 1.29 is 9.18 Å². The van der Waals surface area contributed by atoms with Gasteiger partial charge in [-0.3, -0.25) is 9.59 Å². The number of hydrogen-bond acceptors (Lipinski definition) is 5. The molecule has 2 aromatic heterocycles. The Kier molecular flexibility index (Phi) is 5.21. The number of anilines is 1. The molecule has 0 spiro atoms. The third kappa shape index (κ3) is 3.90. The highest BCUT2D eigenvalue weighted by Gasteiger charge is 2.18. The highest BCUT2D eigenvalue weighted by atomic mass is 19.1. The summed E-state index contributed by atoms with van der Waals surface area (Å²) >= 11 is 0. The quantitative estimate of drug-likeness (QED) is 0.703. The molecule has 4 N–H and O–H groups in total. The Bertz CT molecular complexity index is 1090. The summed E-state index contributed by atoms with van der Waals surface area (Å²) < 4.78 is 14.9. The molecule has 3 rings (SSSR count). The average Bonchev–Trinajstić information content (AvgIpc) is 2.64. The van der Waals surface area contributed by atoms with Crippen molar-refractivity contribution in [3.05, 3.63) is 75.7 Å². The van der Waals surface area contributed by atoms with Gasteiger partial charge >= 0.3 is 0 Å². The van der Waals surface area contributed by atoms with Crippen molar-refractivity contribution in [3.63, 3.8) is 0 Å². The number of nitrogens with two attached hydrogens (primary N) is 2. The topological polar surface area (TPSA) is 117 Å². The second-order valence-corrected chi connectivity index (χ2v) is 6.68. The van der Waals surface area contributed by atoms with Crippen LogP contribution in [-0.2, 0) is 6.42 Å². The summed E-state index contributed by atoms with van der Waals surface area (Å²) in [7, 11) is 0. The van der Waals surface area contributed by atoms with E-state index in [-0.39, 0.29) is 35.4 Å². The number of carbonyl (C=O) groups excluding carboxylic acids is 1. The third-order valence-electron chi connectivity index (χ3n) is 4.27. The van der Waals surface area contributed by atoms with Gasteiger partial charge < -0.3 is 16.0 Å². The molecule has 0 saturated carbocycles. The first-order chi connectivity index (χ1) is 13.3. The molecular weight excluding hydrogens is 361 g/mol. The van der Waals surface area contributed by atoms with Crippen LogP contribution >= 0.6 is 0 Å². The van der Waals surface area contributed by atoms with E-state index in [1.54, 1.807) is 29.0 Å². The van der Waals surface area contributed by atoms with Gasteiger partial charge in [-0.1, -0.05) is 6.07 Å². The van der Waals surface area contributed by atoms with Gasteiger partial charge in [0.2, 0.25) is 0 Å². The Hall–Kier alpha value is -3.55. The minimum absolute atomic E-state index is 0.0114. The van der Waals surface area contributed by atoms with Crippen LogP contribution in [0.4, 0.5) is 10.2 Å². The zero-order chi connectivity index (χ0) is 20.4. The lowest BCUT2D eigenvalue weighted by atomic mass is 10.0. The van der Waals surface area contributed by atoms with E-state index in [1.807, 2.05) is 13.8 Å². The summed E-state index contributed by atoms with van der Waals surface area (Å²) in [5.74, 6) is -1.27. The molecule has 7 nitrogen and oxygen atoms in total. The van der Waals surface area contributed by atoms with E-state index < -0.39 is 5.91 Å². The Morgan fingerprint density at radius 2 is 1.82 bits per heavy atom. The second kappa shape index (κ2) is 7.59. The number of nitrogens with zero attached hydrogens (tertiary/aromatic N) is 3. The minimum atomic E-state index is -0.788. The smallest absolute Gasteiger partial charge is 0.271 e. The van der Waals surface area contributed by atoms with Gasteiger partial charge in [0.1, 0.15) is 5.82 Å². The average molecular weight is 381 g/mol. The minimum Gasteiger partial charge on any atom is -0.382 e. The van der Waals surface area contributed by atoms with Crippen LogP contribution in [0.25, 0.3) is 11.3 Å². The van der Waals surface area contributed by atoms with Crippen molar-refractivity contribution in [2.24, 2.45) is 5.73 Å².